The fourth-order valence-corrected chi connectivity index (χ4v) is 0. The SMILES string of the molecule is O=P(O)(O)O.[H-].[Li+].[SiH4].[Zn]. The quantitative estimate of drug-likeness (QED) is 0.272. The molecule has 44 valence electrons. The summed E-state index contributed by atoms with van der Waals surface area (Å²) in [6.07, 6.45) is 0. The van der Waals surface area contributed by atoms with Crippen molar-refractivity contribution in [3.8, 4) is 0 Å². The van der Waals surface area contributed by atoms with E-state index in [4.69, 9.17) is 19.2 Å². The molecule has 0 aromatic heterocycles. The van der Waals surface area contributed by atoms with Crippen LogP contribution in [-0.4, -0.2) is 25.6 Å². The summed E-state index contributed by atoms with van der Waals surface area (Å²) in [6.45, 7) is 0. The molecule has 0 amide bonds. The molecule has 0 aliphatic rings. The van der Waals surface area contributed by atoms with Crippen LogP contribution in [-0.2, 0) is 24.0 Å². The van der Waals surface area contributed by atoms with Crippen LogP contribution in [0.3, 0.4) is 0 Å². The van der Waals surface area contributed by atoms with E-state index in [1.54, 1.807) is 0 Å². The van der Waals surface area contributed by atoms with Crippen molar-refractivity contribution in [1.29, 1.82) is 0 Å². The maximum Gasteiger partial charge on any atom is 1.00 e. The van der Waals surface area contributed by atoms with Crippen LogP contribution in [0.5, 0.6) is 0 Å². The van der Waals surface area contributed by atoms with Crippen LogP contribution < -0.4 is 18.9 Å². The summed E-state index contributed by atoms with van der Waals surface area (Å²) in [6, 6.07) is 0. The average molecular weight is 203 g/mol. The van der Waals surface area contributed by atoms with Crippen molar-refractivity contribution in [2.24, 2.45) is 0 Å². The molecule has 0 heterocycles. The van der Waals surface area contributed by atoms with Crippen LogP contribution in [0.1, 0.15) is 1.43 Å². The maximum atomic E-state index is 8.88. The molecule has 8 heteroatoms. The predicted molar refractivity (Wildman–Crippen MR) is 26.7 cm³/mol. The Hall–Kier alpha value is 1.55. The molecule has 0 unspecified atom stereocenters. The molecule has 0 aromatic rings. The van der Waals surface area contributed by atoms with Gasteiger partial charge >= 0.3 is 26.7 Å². The van der Waals surface area contributed by atoms with Crippen molar-refractivity contribution in [3.63, 3.8) is 0 Å². The first-order valence-electron chi connectivity index (χ1n) is 0.783. The van der Waals surface area contributed by atoms with Crippen LogP contribution in [0.25, 0.3) is 0 Å². The minimum atomic E-state index is -4.64. The number of rotatable bonds is 0. The summed E-state index contributed by atoms with van der Waals surface area (Å²) < 4.78 is 8.88. The van der Waals surface area contributed by atoms with Gasteiger partial charge in [-0.2, -0.15) is 0 Å². The first-order chi connectivity index (χ1) is 2.00. The molecule has 0 aromatic carbocycles. The third-order valence-electron chi connectivity index (χ3n) is 0. The summed E-state index contributed by atoms with van der Waals surface area (Å²) >= 11 is 0. The molecule has 4 nitrogen and oxygen atoms in total. The molecule has 0 aliphatic heterocycles. The van der Waals surface area contributed by atoms with Crippen molar-refractivity contribution < 1.29 is 59.0 Å². The molecular weight excluding hydrogens is 195 g/mol. The molecule has 0 bridgehead atoms. The Kier molecular flexibility index (Phi) is 24.2. The van der Waals surface area contributed by atoms with E-state index in [9.17, 15) is 0 Å². The van der Waals surface area contributed by atoms with Gasteiger partial charge in [0.1, 0.15) is 0 Å². The first kappa shape index (κ1) is 22.7. The van der Waals surface area contributed by atoms with Gasteiger partial charge in [0.25, 0.3) is 0 Å². The van der Waals surface area contributed by atoms with E-state index in [-0.39, 0.29) is 50.7 Å². The molecule has 0 atom stereocenters. The van der Waals surface area contributed by atoms with Gasteiger partial charge in [0, 0.05) is 19.5 Å². The molecule has 0 aliphatic carbocycles. The Morgan fingerprint density at radius 2 is 1.25 bits per heavy atom. The first-order valence-corrected chi connectivity index (χ1v) is 2.35. The Labute approximate surface area is 77.7 Å². The second-order valence-corrected chi connectivity index (χ2v) is 1.54. The van der Waals surface area contributed by atoms with E-state index >= 15 is 0 Å². The number of phosphoric acid groups is 1. The molecule has 8 heavy (non-hydrogen) atoms. The number of hydrogen-bond donors (Lipinski definition) is 3. The normalized spacial score (nSPS) is 7.38. The van der Waals surface area contributed by atoms with E-state index in [1.165, 1.54) is 0 Å². The van der Waals surface area contributed by atoms with E-state index in [1.807, 2.05) is 0 Å². The zero-order valence-electron chi connectivity index (χ0n) is 4.90. The van der Waals surface area contributed by atoms with Crippen LogP contribution in [0.15, 0.2) is 0 Å². The van der Waals surface area contributed by atoms with Crippen molar-refractivity contribution >= 4 is 18.8 Å². The van der Waals surface area contributed by atoms with E-state index in [2.05, 4.69) is 0 Å². The fraction of sp³-hybridized carbons (Fsp3) is 0. The molecule has 0 spiro atoms. The van der Waals surface area contributed by atoms with Crippen molar-refractivity contribution in [2.45, 2.75) is 0 Å². The van der Waals surface area contributed by atoms with E-state index in [0.717, 1.165) is 0 Å². The Morgan fingerprint density at radius 1 is 1.25 bits per heavy atom. The topological polar surface area (TPSA) is 77.8 Å². The van der Waals surface area contributed by atoms with Gasteiger partial charge in [-0.05, 0) is 11.0 Å². The second-order valence-electron chi connectivity index (χ2n) is 0.513. The molecule has 0 rings (SSSR count). The molecule has 0 radical (unpaired) electrons. The van der Waals surface area contributed by atoms with E-state index in [0.29, 0.717) is 0 Å². The predicted octanol–water partition coefficient (Wildman–Crippen LogP) is -5.27. The van der Waals surface area contributed by atoms with Gasteiger partial charge < -0.3 is 16.1 Å². The summed E-state index contributed by atoms with van der Waals surface area (Å²) in [5.74, 6) is 0. The van der Waals surface area contributed by atoms with Crippen LogP contribution in [0.4, 0.5) is 0 Å². The largest absolute Gasteiger partial charge is 1.00 e. The monoisotopic (exact) mass is 202 g/mol. The molecule has 0 saturated heterocycles. The summed E-state index contributed by atoms with van der Waals surface area (Å²) in [5.41, 5.74) is 0. The zero-order valence-corrected chi connectivity index (χ0v) is 7.77. The van der Waals surface area contributed by atoms with Crippen LogP contribution >= 0.6 is 7.82 Å². The van der Waals surface area contributed by atoms with Gasteiger partial charge in [0.05, 0.1) is 0 Å². The summed E-state index contributed by atoms with van der Waals surface area (Å²) in [5, 5.41) is 0. The van der Waals surface area contributed by atoms with Gasteiger partial charge in [-0.3, -0.25) is 0 Å². The molecule has 0 fully saturated rings. The summed E-state index contributed by atoms with van der Waals surface area (Å²) in [7, 11) is -4.64. The van der Waals surface area contributed by atoms with Gasteiger partial charge in [0.2, 0.25) is 0 Å². The third-order valence-corrected chi connectivity index (χ3v) is 0. The van der Waals surface area contributed by atoms with Gasteiger partial charge in [-0.1, -0.05) is 0 Å². The third kappa shape index (κ3) is 135. The van der Waals surface area contributed by atoms with Gasteiger partial charge in [-0.15, -0.1) is 0 Å². The number of hydrogen-bond acceptors (Lipinski definition) is 1. The minimum absolute atomic E-state index is 0. The summed E-state index contributed by atoms with van der Waals surface area (Å²) in [4.78, 5) is 21.6. The molecule has 3 N–H and O–H groups in total. The molecule has 0 saturated carbocycles. The Balaban J connectivity index is -0.0000000133. The smallest absolute Gasteiger partial charge is 1.00 e. The Morgan fingerprint density at radius 3 is 1.25 bits per heavy atom. The van der Waals surface area contributed by atoms with Crippen molar-refractivity contribution in [2.75, 3.05) is 0 Å². The Bertz CT molecular complexity index is 66.7. The van der Waals surface area contributed by atoms with Gasteiger partial charge in [0.15, 0.2) is 0 Å². The van der Waals surface area contributed by atoms with Gasteiger partial charge in [-0.25, -0.2) is 4.57 Å². The van der Waals surface area contributed by atoms with E-state index < -0.39 is 7.82 Å². The average Bonchev–Trinajstić information content (AvgIpc) is 0.722. The maximum absolute atomic E-state index is 8.88. The zero-order chi connectivity index (χ0) is 4.50. The van der Waals surface area contributed by atoms with Crippen LogP contribution in [0, 0.1) is 0 Å². The van der Waals surface area contributed by atoms with Crippen molar-refractivity contribution in [1.82, 2.24) is 0 Å². The standard InChI is InChI=1S/Li.H3O4P.H4Si.Zn.H/c;1-5(2,3)4;;;/h;(H3,1,2,3,4);1H4;;/q+1;;;;-1. The van der Waals surface area contributed by atoms with Crippen molar-refractivity contribution in [3.05, 3.63) is 0 Å². The minimum Gasteiger partial charge on any atom is -1.00 e. The second kappa shape index (κ2) is 8.55. The fourth-order valence-electron chi connectivity index (χ4n) is 0. The van der Waals surface area contributed by atoms with Crippen LogP contribution in [0.2, 0.25) is 0 Å². The molecular formula is H8LiO4PSiZn.